The maximum absolute atomic E-state index is 6.20. The van der Waals surface area contributed by atoms with Gasteiger partial charge in [0.25, 0.3) is 0 Å². The Morgan fingerprint density at radius 3 is 2.58 bits per heavy atom. The average molecular weight is 279 g/mol. The second kappa shape index (κ2) is 5.72. The van der Waals surface area contributed by atoms with Crippen molar-refractivity contribution >= 4 is 11.6 Å². The topological polar surface area (TPSA) is 42.7 Å². The van der Waals surface area contributed by atoms with Gasteiger partial charge in [0.05, 0.1) is 16.4 Å². The van der Waals surface area contributed by atoms with Gasteiger partial charge in [-0.15, -0.1) is 0 Å². The number of aryl methyl sites for hydroxylation is 2. The number of halogens is 1. The van der Waals surface area contributed by atoms with Crippen molar-refractivity contribution in [3.63, 3.8) is 0 Å². The largest absolute Gasteiger partial charge is 0.316 e. The van der Waals surface area contributed by atoms with Gasteiger partial charge in [-0.05, 0) is 45.0 Å². The Kier molecular flexibility index (Phi) is 4.22. The van der Waals surface area contributed by atoms with E-state index in [1.807, 2.05) is 31.6 Å². The first kappa shape index (κ1) is 14.0. The van der Waals surface area contributed by atoms with Crippen LogP contribution in [0.25, 0.3) is 5.82 Å². The molecule has 4 nitrogen and oxygen atoms in total. The lowest BCUT2D eigenvalue weighted by Crippen LogP contribution is -2.09. The molecule has 0 atom stereocenters. The summed E-state index contributed by atoms with van der Waals surface area (Å²) >= 11 is 6.20. The molecule has 0 aromatic carbocycles. The zero-order valence-electron chi connectivity index (χ0n) is 11.8. The van der Waals surface area contributed by atoms with E-state index in [4.69, 9.17) is 11.6 Å². The van der Waals surface area contributed by atoms with E-state index in [0.717, 1.165) is 35.9 Å². The van der Waals surface area contributed by atoms with Gasteiger partial charge in [-0.1, -0.05) is 18.5 Å². The Labute approximate surface area is 118 Å². The van der Waals surface area contributed by atoms with Gasteiger partial charge in [0.2, 0.25) is 0 Å². The lowest BCUT2D eigenvalue weighted by molar-refractivity contribution is 0.775. The molecule has 0 aliphatic rings. The quantitative estimate of drug-likeness (QED) is 0.935. The van der Waals surface area contributed by atoms with Crippen molar-refractivity contribution in [2.45, 2.75) is 33.7 Å². The third-order valence-corrected chi connectivity index (χ3v) is 3.63. The summed E-state index contributed by atoms with van der Waals surface area (Å²) in [7, 11) is 1.94. The number of aromatic nitrogens is 3. The Hall–Kier alpha value is -1.39. The fourth-order valence-corrected chi connectivity index (χ4v) is 2.19. The maximum atomic E-state index is 6.20. The summed E-state index contributed by atoms with van der Waals surface area (Å²) in [5.74, 6) is 0.831. The standard InChI is InChI=1S/C14H19ClN4/c1-5-12-6-11(8-16-4)7-13(17-12)19-10(3)14(15)9(2)18-19/h6-7,16H,5,8H2,1-4H3. The normalized spacial score (nSPS) is 11.0. The van der Waals surface area contributed by atoms with E-state index in [1.165, 1.54) is 5.56 Å². The molecule has 0 unspecified atom stereocenters. The predicted molar refractivity (Wildman–Crippen MR) is 78.0 cm³/mol. The van der Waals surface area contributed by atoms with Crippen LogP contribution >= 0.6 is 11.6 Å². The molecule has 0 radical (unpaired) electrons. The summed E-state index contributed by atoms with van der Waals surface area (Å²) < 4.78 is 1.82. The first-order chi connectivity index (χ1) is 9.06. The monoisotopic (exact) mass is 278 g/mol. The highest BCUT2D eigenvalue weighted by molar-refractivity contribution is 6.31. The minimum atomic E-state index is 0.707. The predicted octanol–water partition coefficient (Wildman–Crippen LogP) is 2.82. The number of rotatable bonds is 4. The molecule has 2 heterocycles. The van der Waals surface area contributed by atoms with Gasteiger partial charge in [0.15, 0.2) is 5.82 Å². The number of nitrogens with one attached hydrogen (secondary N) is 1. The molecule has 2 aromatic rings. The van der Waals surface area contributed by atoms with Crippen molar-refractivity contribution in [2.75, 3.05) is 7.05 Å². The average Bonchev–Trinajstić information content (AvgIpc) is 2.66. The minimum Gasteiger partial charge on any atom is -0.316 e. The van der Waals surface area contributed by atoms with Crippen LogP contribution in [0.2, 0.25) is 5.02 Å². The Bertz CT molecular complexity index is 589. The highest BCUT2D eigenvalue weighted by Crippen LogP contribution is 2.22. The Morgan fingerprint density at radius 2 is 2.05 bits per heavy atom. The van der Waals surface area contributed by atoms with Crippen molar-refractivity contribution in [1.29, 1.82) is 0 Å². The lowest BCUT2D eigenvalue weighted by Gasteiger charge is -2.09. The van der Waals surface area contributed by atoms with Crippen LogP contribution < -0.4 is 5.32 Å². The first-order valence-corrected chi connectivity index (χ1v) is 6.81. The summed E-state index contributed by atoms with van der Waals surface area (Å²) in [5, 5.41) is 8.33. The van der Waals surface area contributed by atoms with E-state index in [1.54, 1.807) is 0 Å². The molecule has 102 valence electrons. The van der Waals surface area contributed by atoms with E-state index in [-0.39, 0.29) is 0 Å². The van der Waals surface area contributed by atoms with E-state index in [0.29, 0.717) is 5.02 Å². The van der Waals surface area contributed by atoms with Gasteiger partial charge in [0, 0.05) is 12.2 Å². The van der Waals surface area contributed by atoms with Crippen LogP contribution in [-0.2, 0) is 13.0 Å². The zero-order chi connectivity index (χ0) is 14.0. The third-order valence-electron chi connectivity index (χ3n) is 3.09. The SMILES string of the molecule is CCc1cc(CNC)cc(-n2nc(C)c(Cl)c2C)n1. The number of hydrogen-bond donors (Lipinski definition) is 1. The molecule has 5 heteroatoms. The van der Waals surface area contributed by atoms with E-state index >= 15 is 0 Å². The fourth-order valence-electron chi connectivity index (χ4n) is 2.08. The molecule has 0 saturated carbocycles. The van der Waals surface area contributed by atoms with Gasteiger partial charge in [-0.25, -0.2) is 9.67 Å². The van der Waals surface area contributed by atoms with Crippen LogP contribution in [0, 0.1) is 13.8 Å². The van der Waals surface area contributed by atoms with Crippen molar-refractivity contribution < 1.29 is 0 Å². The molecular weight excluding hydrogens is 260 g/mol. The molecule has 2 rings (SSSR count). The second-order valence-corrected chi connectivity index (χ2v) is 4.98. The van der Waals surface area contributed by atoms with Crippen molar-refractivity contribution in [3.05, 3.63) is 39.8 Å². The zero-order valence-corrected chi connectivity index (χ0v) is 12.5. The van der Waals surface area contributed by atoms with Gasteiger partial charge < -0.3 is 5.32 Å². The van der Waals surface area contributed by atoms with Gasteiger partial charge in [-0.2, -0.15) is 5.10 Å². The van der Waals surface area contributed by atoms with Crippen LogP contribution in [0.5, 0.6) is 0 Å². The van der Waals surface area contributed by atoms with Gasteiger partial charge >= 0.3 is 0 Å². The highest BCUT2D eigenvalue weighted by Gasteiger charge is 2.12. The number of pyridine rings is 1. The molecule has 19 heavy (non-hydrogen) atoms. The molecule has 0 amide bonds. The van der Waals surface area contributed by atoms with Crippen molar-refractivity contribution in [3.8, 4) is 5.82 Å². The fraction of sp³-hybridized carbons (Fsp3) is 0.429. The smallest absolute Gasteiger partial charge is 0.154 e. The highest BCUT2D eigenvalue weighted by atomic mass is 35.5. The molecule has 0 aliphatic heterocycles. The molecule has 0 aliphatic carbocycles. The first-order valence-electron chi connectivity index (χ1n) is 6.43. The van der Waals surface area contributed by atoms with Crippen molar-refractivity contribution in [2.24, 2.45) is 0 Å². The van der Waals surface area contributed by atoms with Crippen LogP contribution in [0.3, 0.4) is 0 Å². The van der Waals surface area contributed by atoms with Crippen LogP contribution in [0.4, 0.5) is 0 Å². The van der Waals surface area contributed by atoms with Crippen LogP contribution in [0.1, 0.15) is 29.6 Å². The van der Waals surface area contributed by atoms with E-state index in [2.05, 4.69) is 28.4 Å². The molecule has 0 saturated heterocycles. The van der Waals surface area contributed by atoms with E-state index < -0.39 is 0 Å². The van der Waals surface area contributed by atoms with Gasteiger partial charge in [0.1, 0.15) is 0 Å². The second-order valence-electron chi connectivity index (χ2n) is 4.61. The Morgan fingerprint density at radius 1 is 1.32 bits per heavy atom. The van der Waals surface area contributed by atoms with Gasteiger partial charge in [-0.3, -0.25) is 0 Å². The summed E-state index contributed by atoms with van der Waals surface area (Å²) in [6.07, 6.45) is 0.900. The lowest BCUT2D eigenvalue weighted by atomic mass is 10.2. The maximum Gasteiger partial charge on any atom is 0.154 e. The summed E-state index contributed by atoms with van der Waals surface area (Å²) in [6, 6.07) is 4.17. The molecule has 0 spiro atoms. The summed E-state index contributed by atoms with van der Waals surface area (Å²) in [4.78, 5) is 4.63. The molecule has 1 N–H and O–H groups in total. The molecule has 0 fully saturated rings. The van der Waals surface area contributed by atoms with Crippen molar-refractivity contribution in [1.82, 2.24) is 20.1 Å². The third kappa shape index (κ3) is 2.80. The number of hydrogen-bond acceptors (Lipinski definition) is 3. The minimum absolute atomic E-state index is 0.707. The Balaban J connectivity index is 2.54. The molecular formula is C14H19ClN4. The van der Waals surface area contributed by atoms with E-state index in [9.17, 15) is 0 Å². The molecule has 0 bridgehead atoms. The summed E-state index contributed by atoms with van der Waals surface area (Å²) in [6.45, 7) is 6.78. The number of nitrogens with zero attached hydrogens (tertiary/aromatic N) is 3. The van der Waals surface area contributed by atoms with Crippen LogP contribution in [-0.4, -0.2) is 21.8 Å². The summed E-state index contributed by atoms with van der Waals surface area (Å²) in [5.41, 5.74) is 4.02. The molecule has 2 aromatic heterocycles. The van der Waals surface area contributed by atoms with Crippen LogP contribution in [0.15, 0.2) is 12.1 Å².